The second-order valence-electron chi connectivity index (χ2n) is 4.88. The molecule has 4 nitrogen and oxygen atoms in total. The van der Waals surface area contributed by atoms with Gasteiger partial charge in [-0.2, -0.15) is 0 Å². The second kappa shape index (κ2) is 4.53. The molecule has 0 aliphatic heterocycles. The largest absolute Gasteiger partial charge is 0.351 e. The molecule has 0 bridgehead atoms. The van der Waals surface area contributed by atoms with Gasteiger partial charge in [0.1, 0.15) is 5.69 Å². The van der Waals surface area contributed by atoms with Crippen LogP contribution in [0.5, 0.6) is 0 Å². The van der Waals surface area contributed by atoms with Gasteiger partial charge in [-0.3, -0.25) is 9.59 Å². The lowest BCUT2D eigenvalue weighted by molar-refractivity contribution is 0.0945. The molecular formula is C15H16N2O2. The number of aromatic nitrogens is 1. The standard InChI is InChI=1S/C15H16N2O2/c1-2-16-14(18)13-9-10-5-3-4-6-12(10)15(19)17(13)11-7-8-11/h3-6,9,11H,2,7-8H2,1H3,(H,16,18). The number of hydrogen-bond donors (Lipinski definition) is 1. The third-order valence-electron chi connectivity index (χ3n) is 3.44. The van der Waals surface area contributed by atoms with Crippen LogP contribution in [0.15, 0.2) is 35.1 Å². The molecule has 3 rings (SSSR count). The fourth-order valence-corrected chi connectivity index (χ4v) is 2.39. The zero-order valence-electron chi connectivity index (χ0n) is 10.8. The van der Waals surface area contributed by atoms with E-state index in [0.717, 1.165) is 18.2 Å². The summed E-state index contributed by atoms with van der Waals surface area (Å²) in [6.07, 6.45) is 1.95. The molecule has 1 saturated carbocycles. The van der Waals surface area contributed by atoms with E-state index in [4.69, 9.17) is 0 Å². The minimum absolute atomic E-state index is 0.0538. The minimum Gasteiger partial charge on any atom is -0.351 e. The molecule has 2 aromatic rings. The van der Waals surface area contributed by atoms with Crippen molar-refractivity contribution >= 4 is 16.7 Å². The van der Waals surface area contributed by atoms with E-state index < -0.39 is 0 Å². The van der Waals surface area contributed by atoms with Gasteiger partial charge >= 0.3 is 0 Å². The van der Waals surface area contributed by atoms with E-state index >= 15 is 0 Å². The molecule has 0 atom stereocenters. The van der Waals surface area contributed by atoms with Gasteiger partial charge in [-0.25, -0.2) is 0 Å². The number of benzene rings is 1. The van der Waals surface area contributed by atoms with Gasteiger partial charge in [0, 0.05) is 18.0 Å². The first kappa shape index (κ1) is 12.0. The fourth-order valence-electron chi connectivity index (χ4n) is 2.39. The molecule has 1 aliphatic carbocycles. The zero-order chi connectivity index (χ0) is 13.4. The lowest BCUT2D eigenvalue weighted by Crippen LogP contribution is -2.31. The maximum Gasteiger partial charge on any atom is 0.268 e. The van der Waals surface area contributed by atoms with Gasteiger partial charge in [0.2, 0.25) is 0 Å². The topological polar surface area (TPSA) is 51.1 Å². The van der Waals surface area contributed by atoms with Crippen LogP contribution in [0, 0.1) is 0 Å². The van der Waals surface area contributed by atoms with Crippen molar-refractivity contribution in [2.24, 2.45) is 0 Å². The van der Waals surface area contributed by atoms with Crippen molar-refractivity contribution < 1.29 is 4.79 Å². The highest BCUT2D eigenvalue weighted by atomic mass is 16.2. The van der Waals surface area contributed by atoms with Crippen molar-refractivity contribution in [3.8, 4) is 0 Å². The molecule has 19 heavy (non-hydrogen) atoms. The molecule has 0 unspecified atom stereocenters. The molecule has 0 radical (unpaired) electrons. The summed E-state index contributed by atoms with van der Waals surface area (Å²) in [6, 6.07) is 9.43. The van der Waals surface area contributed by atoms with E-state index in [1.165, 1.54) is 0 Å². The first-order valence-corrected chi connectivity index (χ1v) is 6.65. The molecule has 1 N–H and O–H groups in total. The van der Waals surface area contributed by atoms with Crippen LogP contribution in [0.4, 0.5) is 0 Å². The first-order valence-electron chi connectivity index (χ1n) is 6.65. The van der Waals surface area contributed by atoms with Crippen LogP contribution in [0.2, 0.25) is 0 Å². The Hall–Kier alpha value is -2.10. The Bertz CT molecular complexity index is 699. The molecule has 0 saturated heterocycles. The average molecular weight is 256 g/mol. The van der Waals surface area contributed by atoms with Crippen LogP contribution in [-0.2, 0) is 0 Å². The van der Waals surface area contributed by atoms with Gasteiger partial charge in [0.25, 0.3) is 11.5 Å². The van der Waals surface area contributed by atoms with E-state index in [1.807, 2.05) is 37.3 Å². The predicted octanol–water partition coefficient (Wildman–Crippen LogP) is 2.09. The summed E-state index contributed by atoms with van der Waals surface area (Å²) in [6.45, 7) is 2.43. The number of fused-ring (bicyclic) bond motifs is 1. The van der Waals surface area contributed by atoms with Gasteiger partial charge in [0.15, 0.2) is 0 Å². The fraction of sp³-hybridized carbons (Fsp3) is 0.333. The van der Waals surface area contributed by atoms with Crippen molar-refractivity contribution in [3.63, 3.8) is 0 Å². The van der Waals surface area contributed by atoms with Gasteiger partial charge in [0.05, 0.1) is 0 Å². The van der Waals surface area contributed by atoms with Crippen LogP contribution < -0.4 is 10.9 Å². The maximum absolute atomic E-state index is 12.5. The number of nitrogens with zero attached hydrogens (tertiary/aromatic N) is 1. The molecule has 1 aromatic heterocycles. The number of carbonyl (C=O) groups excluding carboxylic acids is 1. The molecular weight excluding hydrogens is 240 g/mol. The summed E-state index contributed by atoms with van der Waals surface area (Å²) < 4.78 is 1.66. The highest BCUT2D eigenvalue weighted by molar-refractivity contribution is 5.96. The van der Waals surface area contributed by atoms with E-state index in [2.05, 4.69) is 5.32 Å². The summed E-state index contributed by atoms with van der Waals surface area (Å²) in [5.74, 6) is -0.169. The van der Waals surface area contributed by atoms with Gasteiger partial charge in [-0.05, 0) is 37.3 Å². The third kappa shape index (κ3) is 2.03. The first-order chi connectivity index (χ1) is 9.22. The molecule has 0 spiro atoms. The summed E-state index contributed by atoms with van der Waals surface area (Å²) in [7, 11) is 0. The second-order valence-corrected chi connectivity index (χ2v) is 4.88. The summed E-state index contributed by atoms with van der Waals surface area (Å²) in [5.41, 5.74) is 0.426. The summed E-state index contributed by atoms with van der Waals surface area (Å²) in [4.78, 5) is 24.6. The average Bonchev–Trinajstić information content (AvgIpc) is 3.23. The Morgan fingerprint density at radius 2 is 2.11 bits per heavy atom. The Kier molecular flexibility index (Phi) is 2.85. The van der Waals surface area contributed by atoms with Crippen LogP contribution in [0.1, 0.15) is 36.3 Å². The van der Waals surface area contributed by atoms with Crippen LogP contribution in [0.25, 0.3) is 10.8 Å². The molecule has 1 fully saturated rings. The van der Waals surface area contributed by atoms with E-state index in [9.17, 15) is 9.59 Å². The van der Waals surface area contributed by atoms with Crippen LogP contribution in [0.3, 0.4) is 0 Å². The van der Waals surface area contributed by atoms with Crippen molar-refractivity contribution in [1.29, 1.82) is 0 Å². The number of carbonyl (C=O) groups is 1. The smallest absolute Gasteiger partial charge is 0.268 e. The van der Waals surface area contributed by atoms with Crippen molar-refractivity contribution in [2.45, 2.75) is 25.8 Å². The highest BCUT2D eigenvalue weighted by Crippen LogP contribution is 2.35. The van der Waals surface area contributed by atoms with Crippen LogP contribution in [-0.4, -0.2) is 17.0 Å². The molecule has 4 heteroatoms. The third-order valence-corrected chi connectivity index (χ3v) is 3.44. The van der Waals surface area contributed by atoms with Crippen molar-refractivity contribution in [1.82, 2.24) is 9.88 Å². The van der Waals surface area contributed by atoms with Gasteiger partial charge in [-0.15, -0.1) is 0 Å². The maximum atomic E-state index is 12.5. The molecule has 1 aliphatic rings. The SMILES string of the molecule is CCNC(=O)c1cc2ccccc2c(=O)n1C1CC1. The predicted molar refractivity (Wildman–Crippen MR) is 74.5 cm³/mol. The Morgan fingerprint density at radius 1 is 1.37 bits per heavy atom. The van der Waals surface area contributed by atoms with Crippen LogP contribution >= 0.6 is 0 Å². The Morgan fingerprint density at radius 3 is 2.79 bits per heavy atom. The van der Waals surface area contributed by atoms with Crippen molar-refractivity contribution in [3.05, 3.63) is 46.4 Å². The van der Waals surface area contributed by atoms with E-state index in [-0.39, 0.29) is 17.5 Å². The molecule has 1 aromatic carbocycles. The number of rotatable bonds is 3. The Labute approximate surface area is 111 Å². The van der Waals surface area contributed by atoms with Crippen molar-refractivity contribution in [2.75, 3.05) is 6.54 Å². The lowest BCUT2D eigenvalue weighted by atomic mass is 10.1. The number of hydrogen-bond acceptors (Lipinski definition) is 2. The quantitative estimate of drug-likeness (QED) is 0.914. The molecule has 1 amide bonds. The Balaban J connectivity index is 2.27. The number of nitrogens with one attached hydrogen (secondary N) is 1. The summed E-state index contributed by atoms with van der Waals surface area (Å²) >= 11 is 0. The number of pyridine rings is 1. The molecule has 98 valence electrons. The normalized spacial score (nSPS) is 14.6. The van der Waals surface area contributed by atoms with E-state index in [1.54, 1.807) is 4.57 Å². The summed E-state index contributed by atoms with van der Waals surface area (Å²) in [5, 5.41) is 4.29. The number of amides is 1. The molecule has 1 heterocycles. The lowest BCUT2D eigenvalue weighted by Gasteiger charge is -2.13. The van der Waals surface area contributed by atoms with Gasteiger partial charge < -0.3 is 9.88 Å². The monoisotopic (exact) mass is 256 g/mol. The van der Waals surface area contributed by atoms with Gasteiger partial charge in [-0.1, -0.05) is 18.2 Å². The minimum atomic E-state index is -0.169. The zero-order valence-corrected chi connectivity index (χ0v) is 10.8. The van der Waals surface area contributed by atoms with E-state index in [0.29, 0.717) is 17.6 Å². The highest BCUT2D eigenvalue weighted by Gasteiger charge is 2.29.